The van der Waals surface area contributed by atoms with E-state index in [0.29, 0.717) is 53.5 Å². The molecule has 8 nitrogen and oxygen atoms in total. The van der Waals surface area contributed by atoms with Crippen LogP contribution in [0.5, 0.6) is 11.5 Å². The highest BCUT2D eigenvalue weighted by Crippen LogP contribution is 2.38. The van der Waals surface area contributed by atoms with Crippen LogP contribution < -0.4 is 24.8 Å². The Bertz CT molecular complexity index is 1040. The maximum Gasteiger partial charge on any atom is 0.255 e. The Morgan fingerprint density at radius 1 is 1.18 bits per heavy atom. The molecular formula is C18H20ClN3O5S. The summed E-state index contributed by atoms with van der Waals surface area (Å²) < 4.78 is 35.8. The van der Waals surface area contributed by atoms with Crippen molar-refractivity contribution in [2.75, 3.05) is 34.9 Å². The fourth-order valence-corrected chi connectivity index (χ4v) is 4.30. The zero-order valence-corrected chi connectivity index (χ0v) is 16.7. The number of nitrogens with two attached hydrogens (primary N) is 1. The molecule has 1 amide bonds. The molecule has 28 heavy (non-hydrogen) atoms. The van der Waals surface area contributed by atoms with Crippen molar-refractivity contribution in [3.63, 3.8) is 0 Å². The van der Waals surface area contributed by atoms with Crippen molar-refractivity contribution in [2.45, 2.75) is 12.8 Å². The van der Waals surface area contributed by atoms with E-state index in [-0.39, 0.29) is 25.1 Å². The van der Waals surface area contributed by atoms with E-state index < -0.39 is 10.0 Å². The first-order valence-electron chi connectivity index (χ1n) is 8.44. The monoisotopic (exact) mass is 425 g/mol. The van der Waals surface area contributed by atoms with E-state index in [1.165, 1.54) is 10.6 Å². The Balaban J connectivity index is 0.00000225. The maximum absolute atomic E-state index is 12.7. The Labute approximate surface area is 169 Å². The molecule has 2 aliphatic rings. The number of sulfonamides is 1. The number of amides is 1. The Morgan fingerprint density at radius 3 is 2.61 bits per heavy atom. The number of hydrogen-bond donors (Lipinski definition) is 2. The van der Waals surface area contributed by atoms with Crippen molar-refractivity contribution in [2.24, 2.45) is 0 Å². The van der Waals surface area contributed by atoms with Crippen LogP contribution >= 0.6 is 12.4 Å². The third kappa shape index (κ3) is 3.67. The van der Waals surface area contributed by atoms with Gasteiger partial charge in [-0.3, -0.25) is 9.10 Å². The molecule has 150 valence electrons. The molecular weight excluding hydrogens is 406 g/mol. The lowest BCUT2D eigenvalue weighted by Crippen LogP contribution is -2.34. The van der Waals surface area contributed by atoms with E-state index in [4.69, 9.17) is 15.2 Å². The summed E-state index contributed by atoms with van der Waals surface area (Å²) in [6.07, 6.45) is 2.61. The second-order valence-corrected chi connectivity index (χ2v) is 8.44. The number of fused-ring (bicyclic) bond motifs is 2. The van der Waals surface area contributed by atoms with Gasteiger partial charge < -0.3 is 20.5 Å². The minimum atomic E-state index is -3.34. The van der Waals surface area contributed by atoms with Crippen LogP contribution in [-0.2, 0) is 16.4 Å². The SMILES string of the molecule is CS(=O)(=O)N1CCCc2cc(C(=O)Nc3cc4c(cc3N)OCO4)ccc21.Cl. The maximum atomic E-state index is 12.7. The van der Waals surface area contributed by atoms with Gasteiger partial charge in [-0.2, -0.15) is 0 Å². The molecule has 10 heteroatoms. The van der Waals surface area contributed by atoms with E-state index >= 15 is 0 Å². The summed E-state index contributed by atoms with van der Waals surface area (Å²) in [6, 6.07) is 8.24. The van der Waals surface area contributed by atoms with Gasteiger partial charge in [0.15, 0.2) is 11.5 Å². The predicted octanol–water partition coefficient (Wildman–Crippen LogP) is 2.38. The lowest BCUT2D eigenvalue weighted by molar-refractivity contribution is 0.102. The van der Waals surface area contributed by atoms with Crippen molar-refractivity contribution in [1.82, 2.24) is 0 Å². The number of carbonyl (C=O) groups excluding carboxylic acids is 1. The number of halogens is 1. The number of rotatable bonds is 3. The highest BCUT2D eigenvalue weighted by molar-refractivity contribution is 7.92. The number of nitrogens with one attached hydrogen (secondary N) is 1. The molecule has 0 radical (unpaired) electrons. The highest BCUT2D eigenvalue weighted by atomic mass is 35.5. The Morgan fingerprint density at radius 2 is 1.89 bits per heavy atom. The van der Waals surface area contributed by atoms with Gasteiger partial charge in [0.05, 0.1) is 23.3 Å². The minimum Gasteiger partial charge on any atom is -0.454 e. The number of nitrogens with zero attached hydrogens (tertiary/aromatic N) is 1. The van der Waals surface area contributed by atoms with Gasteiger partial charge in [0.2, 0.25) is 16.8 Å². The molecule has 0 bridgehead atoms. The first-order chi connectivity index (χ1) is 12.8. The first-order valence-corrected chi connectivity index (χ1v) is 10.3. The van der Waals surface area contributed by atoms with Gasteiger partial charge in [0.25, 0.3) is 5.91 Å². The number of nitrogen functional groups attached to an aromatic ring is 1. The summed E-state index contributed by atoms with van der Waals surface area (Å²) in [6.45, 7) is 0.568. The number of hydrogen-bond acceptors (Lipinski definition) is 6. The van der Waals surface area contributed by atoms with Gasteiger partial charge in [-0.15, -0.1) is 12.4 Å². The van der Waals surface area contributed by atoms with Crippen molar-refractivity contribution in [3.05, 3.63) is 41.5 Å². The van der Waals surface area contributed by atoms with E-state index in [0.717, 1.165) is 5.56 Å². The number of anilines is 3. The molecule has 0 saturated heterocycles. The second kappa shape index (κ2) is 7.40. The number of carbonyl (C=O) groups is 1. The van der Waals surface area contributed by atoms with Gasteiger partial charge in [-0.25, -0.2) is 8.42 Å². The first kappa shape index (κ1) is 20.1. The molecule has 0 aliphatic carbocycles. The molecule has 0 saturated carbocycles. The number of aryl methyl sites for hydroxylation is 1. The smallest absolute Gasteiger partial charge is 0.255 e. The van der Waals surface area contributed by atoms with E-state index in [1.54, 1.807) is 30.3 Å². The van der Waals surface area contributed by atoms with Crippen LogP contribution in [0, 0.1) is 0 Å². The van der Waals surface area contributed by atoms with Gasteiger partial charge in [-0.05, 0) is 36.6 Å². The Kier molecular flexibility index (Phi) is 5.31. The summed E-state index contributed by atoms with van der Waals surface area (Å²) in [4.78, 5) is 12.7. The third-order valence-electron chi connectivity index (χ3n) is 4.61. The average molecular weight is 426 g/mol. The molecule has 0 unspecified atom stereocenters. The molecule has 2 aromatic rings. The normalized spacial score (nSPS) is 14.8. The van der Waals surface area contributed by atoms with Gasteiger partial charge in [0, 0.05) is 24.2 Å². The standard InChI is InChI=1S/C18H19N3O5S.ClH/c1-27(23,24)21-6-2-3-11-7-12(4-5-15(11)21)18(22)20-14-9-17-16(8-13(14)19)25-10-26-17;/h4-5,7-9H,2-3,6,10,19H2,1H3,(H,20,22);1H. The molecule has 0 aromatic heterocycles. The van der Waals surface area contributed by atoms with Crippen LogP contribution in [0.25, 0.3) is 0 Å². The predicted molar refractivity (Wildman–Crippen MR) is 109 cm³/mol. The fraction of sp³-hybridized carbons (Fsp3) is 0.278. The van der Waals surface area contributed by atoms with Crippen LogP contribution in [0.1, 0.15) is 22.3 Å². The molecule has 2 aromatic carbocycles. The van der Waals surface area contributed by atoms with E-state index in [9.17, 15) is 13.2 Å². The summed E-state index contributed by atoms with van der Waals surface area (Å²) in [5.74, 6) is 0.730. The summed E-state index contributed by atoms with van der Waals surface area (Å²) in [5, 5.41) is 2.77. The zero-order chi connectivity index (χ0) is 19.2. The second-order valence-electron chi connectivity index (χ2n) is 6.53. The van der Waals surface area contributed by atoms with Gasteiger partial charge in [-0.1, -0.05) is 0 Å². The van der Waals surface area contributed by atoms with Crippen molar-refractivity contribution in [3.8, 4) is 11.5 Å². The minimum absolute atomic E-state index is 0. The van der Waals surface area contributed by atoms with Crippen LogP contribution in [-0.4, -0.2) is 33.9 Å². The summed E-state index contributed by atoms with van der Waals surface area (Å²) in [5.41, 5.74) is 8.66. The molecule has 3 N–H and O–H groups in total. The summed E-state index contributed by atoms with van der Waals surface area (Å²) >= 11 is 0. The molecule has 0 fully saturated rings. The molecule has 0 spiro atoms. The van der Waals surface area contributed by atoms with Crippen LogP contribution in [0.3, 0.4) is 0 Å². The van der Waals surface area contributed by atoms with E-state index in [1.807, 2.05) is 0 Å². The van der Waals surface area contributed by atoms with Crippen molar-refractivity contribution < 1.29 is 22.7 Å². The molecule has 0 atom stereocenters. The average Bonchev–Trinajstić information content (AvgIpc) is 3.07. The number of benzene rings is 2. The quantitative estimate of drug-likeness (QED) is 0.730. The lowest BCUT2D eigenvalue weighted by Gasteiger charge is -2.29. The third-order valence-corrected chi connectivity index (χ3v) is 5.79. The zero-order valence-electron chi connectivity index (χ0n) is 15.1. The number of ether oxygens (including phenoxy) is 2. The molecule has 2 aliphatic heterocycles. The van der Waals surface area contributed by atoms with Crippen molar-refractivity contribution in [1.29, 1.82) is 0 Å². The molecule has 2 heterocycles. The van der Waals surface area contributed by atoms with Crippen LogP contribution in [0.15, 0.2) is 30.3 Å². The Hall–Kier alpha value is -2.65. The van der Waals surface area contributed by atoms with Gasteiger partial charge >= 0.3 is 0 Å². The largest absolute Gasteiger partial charge is 0.454 e. The highest BCUT2D eigenvalue weighted by Gasteiger charge is 2.25. The fourth-order valence-electron chi connectivity index (χ4n) is 3.31. The van der Waals surface area contributed by atoms with Crippen molar-refractivity contribution >= 4 is 45.4 Å². The topological polar surface area (TPSA) is 111 Å². The van der Waals surface area contributed by atoms with E-state index in [2.05, 4.69) is 5.32 Å². The van der Waals surface area contributed by atoms with Crippen LogP contribution in [0.4, 0.5) is 17.1 Å². The summed E-state index contributed by atoms with van der Waals surface area (Å²) in [7, 11) is -3.34. The van der Waals surface area contributed by atoms with Crippen LogP contribution in [0.2, 0.25) is 0 Å². The van der Waals surface area contributed by atoms with Gasteiger partial charge in [0.1, 0.15) is 0 Å². The molecule has 4 rings (SSSR count). The lowest BCUT2D eigenvalue weighted by atomic mass is 10.0.